The van der Waals surface area contributed by atoms with Gasteiger partial charge in [0.15, 0.2) is 0 Å². The molecule has 0 bridgehead atoms. The quantitative estimate of drug-likeness (QED) is 0.867. The van der Waals surface area contributed by atoms with E-state index in [1.807, 2.05) is 0 Å². The summed E-state index contributed by atoms with van der Waals surface area (Å²) >= 11 is 0. The van der Waals surface area contributed by atoms with E-state index in [1.165, 1.54) is 16.7 Å². The Labute approximate surface area is 118 Å². The number of aromatic nitrogens is 2. The minimum absolute atomic E-state index is 0.0653. The molecule has 1 aromatic heterocycles. The topological polar surface area (TPSA) is 92.5 Å². The summed E-state index contributed by atoms with van der Waals surface area (Å²) < 4.78 is 27.5. The number of rotatable bonds is 5. The molecule has 1 aromatic rings. The Bertz CT molecular complexity index is 581. The van der Waals surface area contributed by atoms with Crippen molar-refractivity contribution in [2.24, 2.45) is 5.92 Å². The van der Waals surface area contributed by atoms with Gasteiger partial charge in [-0.1, -0.05) is 13.3 Å². The molecule has 0 spiro atoms. The number of aliphatic carboxylic acids is 1. The molecule has 7 nitrogen and oxygen atoms in total. The minimum atomic E-state index is -3.56. The summed E-state index contributed by atoms with van der Waals surface area (Å²) in [6.45, 7) is 2.77. The van der Waals surface area contributed by atoms with Gasteiger partial charge in [-0.25, -0.2) is 8.42 Å². The highest BCUT2D eigenvalue weighted by Gasteiger charge is 2.30. The van der Waals surface area contributed by atoms with Crippen LogP contribution >= 0.6 is 0 Å². The van der Waals surface area contributed by atoms with Gasteiger partial charge in [0.2, 0.25) is 10.0 Å². The molecule has 0 aliphatic carbocycles. The van der Waals surface area contributed by atoms with Gasteiger partial charge in [0, 0.05) is 19.3 Å². The zero-order valence-electron chi connectivity index (χ0n) is 11.4. The first-order chi connectivity index (χ1) is 9.43. The summed E-state index contributed by atoms with van der Waals surface area (Å²) in [5, 5.41) is 12.5. The first kappa shape index (κ1) is 15.0. The number of hydrogen-bond acceptors (Lipinski definition) is 4. The second-order valence-corrected chi connectivity index (χ2v) is 6.98. The molecule has 1 saturated heterocycles. The van der Waals surface area contributed by atoms with Gasteiger partial charge in [-0.15, -0.1) is 0 Å². The van der Waals surface area contributed by atoms with Crippen molar-refractivity contribution in [3.05, 3.63) is 12.4 Å². The second kappa shape index (κ2) is 5.92. The Kier molecular flexibility index (Phi) is 4.44. The third-order valence-corrected chi connectivity index (χ3v) is 5.42. The van der Waals surface area contributed by atoms with Crippen molar-refractivity contribution in [2.45, 2.75) is 37.6 Å². The van der Waals surface area contributed by atoms with Crippen LogP contribution < -0.4 is 0 Å². The fourth-order valence-electron chi connectivity index (χ4n) is 2.43. The van der Waals surface area contributed by atoms with Crippen LogP contribution in [0.15, 0.2) is 17.3 Å². The predicted octanol–water partition coefficient (Wildman–Crippen LogP) is 0.778. The molecular weight excluding hydrogens is 282 g/mol. The molecule has 0 saturated carbocycles. The van der Waals surface area contributed by atoms with Crippen LogP contribution in [0.1, 0.15) is 26.2 Å². The Morgan fingerprint density at radius 2 is 2.30 bits per heavy atom. The highest BCUT2D eigenvalue weighted by molar-refractivity contribution is 7.89. The highest BCUT2D eigenvalue weighted by Crippen LogP contribution is 2.24. The van der Waals surface area contributed by atoms with Crippen LogP contribution in [-0.4, -0.2) is 46.7 Å². The van der Waals surface area contributed by atoms with Gasteiger partial charge < -0.3 is 5.11 Å². The monoisotopic (exact) mass is 301 g/mol. The highest BCUT2D eigenvalue weighted by atomic mass is 32.2. The van der Waals surface area contributed by atoms with E-state index in [9.17, 15) is 13.2 Å². The van der Waals surface area contributed by atoms with E-state index >= 15 is 0 Å². The standard InChI is InChI=1S/C12H19N3O4S/c1-2-10-4-3-5-15(7-10)20(18,19)11-6-13-14(8-11)9-12(16)17/h6,8,10H,2-5,7,9H2,1H3,(H,16,17). The number of nitrogens with zero attached hydrogens (tertiary/aromatic N) is 3. The lowest BCUT2D eigenvalue weighted by Gasteiger charge is -2.30. The Morgan fingerprint density at radius 3 is 2.95 bits per heavy atom. The fraction of sp³-hybridized carbons (Fsp3) is 0.667. The molecule has 1 atom stereocenters. The SMILES string of the molecule is CCC1CCCN(S(=O)(=O)c2cnn(CC(=O)O)c2)C1. The van der Waals surface area contributed by atoms with Crippen LogP contribution in [0, 0.1) is 5.92 Å². The van der Waals surface area contributed by atoms with Gasteiger partial charge in [-0.3, -0.25) is 9.48 Å². The maximum atomic E-state index is 12.5. The predicted molar refractivity (Wildman–Crippen MR) is 71.6 cm³/mol. The van der Waals surface area contributed by atoms with E-state index in [1.54, 1.807) is 0 Å². The molecule has 2 heterocycles. The third-order valence-electron chi connectivity index (χ3n) is 3.60. The summed E-state index contributed by atoms with van der Waals surface area (Å²) in [5.41, 5.74) is 0. The Hall–Kier alpha value is -1.41. The lowest BCUT2D eigenvalue weighted by Crippen LogP contribution is -2.39. The van der Waals surface area contributed by atoms with Crippen molar-refractivity contribution in [3.63, 3.8) is 0 Å². The second-order valence-electron chi connectivity index (χ2n) is 5.05. The molecule has 1 aliphatic heterocycles. The maximum Gasteiger partial charge on any atom is 0.325 e. The summed E-state index contributed by atoms with van der Waals surface area (Å²) in [6, 6.07) is 0. The van der Waals surface area contributed by atoms with Crippen LogP contribution in [0.3, 0.4) is 0 Å². The van der Waals surface area contributed by atoms with Gasteiger partial charge in [-0.2, -0.15) is 9.40 Å². The number of carboxylic acids is 1. The Balaban J connectivity index is 2.17. The Morgan fingerprint density at radius 1 is 1.55 bits per heavy atom. The molecule has 1 unspecified atom stereocenters. The number of carboxylic acid groups (broad SMARTS) is 1. The summed E-state index contributed by atoms with van der Waals surface area (Å²) in [4.78, 5) is 10.7. The first-order valence-corrected chi connectivity index (χ1v) is 8.12. The van der Waals surface area contributed by atoms with Crippen molar-refractivity contribution in [1.29, 1.82) is 0 Å². The molecule has 20 heavy (non-hydrogen) atoms. The van der Waals surface area contributed by atoms with Gasteiger partial charge in [0.25, 0.3) is 0 Å². The van der Waals surface area contributed by atoms with E-state index in [0.29, 0.717) is 19.0 Å². The molecule has 1 fully saturated rings. The number of piperidine rings is 1. The summed E-state index contributed by atoms with van der Waals surface area (Å²) in [6.07, 6.45) is 5.37. The van der Waals surface area contributed by atoms with Crippen LogP contribution in [-0.2, 0) is 21.4 Å². The van der Waals surface area contributed by atoms with E-state index < -0.39 is 16.0 Å². The number of carbonyl (C=O) groups is 1. The van der Waals surface area contributed by atoms with Crippen molar-refractivity contribution >= 4 is 16.0 Å². The molecule has 0 amide bonds. The molecular formula is C12H19N3O4S. The van der Waals surface area contributed by atoms with Gasteiger partial charge in [0.05, 0.1) is 6.20 Å². The zero-order chi connectivity index (χ0) is 14.8. The molecule has 0 radical (unpaired) electrons. The van der Waals surface area contributed by atoms with E-state index in [0.717, 1.165) is 23.9 Å². The zero-order valence-corrected chi connectivity index (χ0v) is 12.2. The lowest BCUT2D eigenvalue weighted by atomic mass is 9.97. The minimum Gasteiger partial charge on any atom is -0.480 e. The largest absolute Gasteiger partial charge is 0.480 e. The normalized spacial score (nSPS) is 20.9. The van der Waals surface area contributed by atoms with Crippen LogP contribution in [0.2, 0.25) is 0 Å². The molecule has 1 aliphatic rings. The van der Waals surface area contributed by atoms with Crippen LogP contribution in [0.25, 0.3) is 0 Å². The molecule has 112 valence electrons. The van der Waals surface area contributed by atoms with Gasteiger partial charge >= 0.3 is 5.97 Å². The molecule has 1 N–H and O–H groups in total. The van der Waals surface area contributed by atoms with E-state index in [4.69, 9.17) is 5.11 Å². The van der Waals surface area contributed by atoms with Gasteiger partial charge in [-0.05, 0) is 18.8 Å². The molecule has 8 heteroatoms. The lowest BCUT2D eigenvalue weighted by molar-refractivity contribution is -0.137. The smallest absolute Gasteiger partial charge is 0.325 e. The summed E-state index contributed by atoms with van der Waals surface area (Å²) in [5.74, 6) is -0.659. The fourth-order valence-corrected chi connectivity index (χ4v) is 3.94. The van der Waals surface area contributed by atoms with Crippen molar-refractivity contribution in [3.8, 4) is 0 Å². The van der Waals surface area contributed by atoms with E-state index in [2.05, 4.69) is 12.0 Å². The van der Waals surface area contributed by atoms with Crippen LogP contribution in [0.5, 0.6) is 0 Å². The maximum absolute atomic E-state index is 12.5. The molecule has 0 aromatic carbocycles. The van der Waals surface area contributed by atoms with Crippen molar-refractivity contribution in [2.75, 3.05) is 13.1 Å². The van der Waals surface area contributed by atoms with Gasteiger partial charge in [0.1, 0.15) is 11.4 Å². The molecule has 2 rings (SSSR count). The summed E-state index contributed by atoms with van der Waals surface area (Å²) in [7, 11) is -3.56. The third kappa shape index (κ3) is 3.18. The van der Waals surface area contributed by atoms with Crippen molar-refractivity contribution < 1.29 is 18.3 Å². The van der Waals surface area contributed by atoms with Crippen LogP contribution in [0.4, 0.5) is 0 Å². The van der Waals surface area contributed by atoms with Crippen molar-refractivity contribution in [1.82, 2.24) is 14.1 Å². The van der Waals surface area contributed by atoms with E-state index in [-0.39, 0.29) is 11.4 Å². The average molecular weight is 301 g/mol. The first-order valence-electron chi connectivity index (χ1n) is 6.68. The average Bonchev–Trinajstić information content (AvgIpc) is 2.87. The number of hydrogen-bond donors (Lipinski definition) is 1. The number of sulfonamides is 1.